The molecule has 1 N–H and O–H groups in total. The minimum atomic E-state index is 0.842. The lowest BCUT2D eigenvalue weighted by Crippen LogP contribution is -2.35. The number of hydrogen-bond donors (Lipinski definition) is 1. The van der Waals surface area contributed by atoms with E-state index in [9.17, 15) is 0 Å². The van der Waals surface area contributed by atoms with Crippen LogP contribution in [0.4, 0.5) is 0 Å². The second-order valence-corrected chi connectivity index (χ2v) is 5.68. The fourth-order valence-electron chi connectivity index (χ4n) is 3.32. The first-order valence-electron chi connectivity index (χ1n) is 7.34. The van der Waals surface area contributed by atoms with Crippen LogP contribution in [0.1, 0.15) is 51.9 Å². The van der Waals surface area contributed by atoms with Gasteiger partial charge in [-0.1, -0.05) is 26.2 Å². The minimum absolute atomic E-state index is 0.842. The normalized spacial score (nSPS) is 27.9. The summed E-state index contributed by atoms with van der Waals surface area (Å²) in [6, 6.07) is 0.842. The molecule has 2 rings (SSSR count). The summed E-state index contributed by atoms with van der Waals surface area (Å²) < 4.78 is 0. The molecular weight excluding hydrogens is 196 g/mol. The molecular formula is C14H28N2. The second-order valence-electron chi connectivity index (χ2n) is 5.68. The van der Waals surface area contributed by atoms with Crippen LogP contribution in [0.25, 0.3) is 0 Å². The van der Waals surface area contributed by atoms with E-state index in [0.29, 0.717) is 0 Å². The number of nitrogens with one attached hydrogen (secondary N) is 1. The molecule has 1 aliphatic carbocycles. The molecule has 0 aromatic heterocycles. The van der Waals surface area contributed by atoms with Crippen molar-refractivity contribution in [3.63, 3.8) is 0 Å². The summed E-state index contributed by atoms with van der Waals surface area (Å²) in [6.07, 6.45) is 9.96. The van der Waals surface area contributed by atoms with Gasteiger partial charge in [0.25, 0.3) is 0 Å². The van der Waals surface area contributed by atoms with E-state index in [4.69, 9.17) is 0 Å². The average Bonchev–Trinajstić information content (AvgIpc) is 2.90. The van der Waals surface area contributed by atoms with Gasteiger partial charge in [0.05, 0.1) is 0 Å². The van der Waals surface area contributed by atoms with Gasteiger partial charge in [0, 0.05) is 25.7 Å². The summed E-state index contributed by atoms with van der Waals surface area (Å²) in [5.74, 6) is 0.997. The maximum atomic E-state index is 3.71. The largest absolute Gasteiger partial charge is 0.313 e. The van der Waals surface area contributed by atoms with Gasteiger partial charge in [-0.15, -0.1) is 0 Å². The van der Waals surface area contributed by atoms with Crippen molar-refractivity contribution in [2.45, 2.75) is 57.9 Å². The molecule has 1 saturated carbocycles. The summed E-state index contributed by atoms with van der Waals surface area (Å²) in [4.78, 5) is 2.66. The van der Waals surface area contributed by atoms with Crippen LogP contribution in [0.2, 0.25) is 0 Å². The van der Waals surface area contributed by atoms with Crippen LogP contribution in [0, 0.1) is 5.92 Å². The molecule has 16 heavy (non-hydrogen) atoms. The Kier molecular flexibility index (Phi) is 5.11. The molecule has 94 valence electrons. The van der Waals surface area contributed by atoms with Crippen molar-refractivity contribution in [3.05, 3.63) is 0 Å². The highest BCUT2D eigenvalue weighted by Gasteiger charge is 2.21. The highest BCUT2D eigenvalue weighted by atomic mass is 15.2. The van der Waals surface area contributed by atoms with Crippen LogP contribution in [-0.4, -0.2) is 37.1 Å². The van der Waals surface area contributed by atoms with Crippen molar-refractivity contribution in [2.24, 2.45) is 5.92 Å². The molecule has 1 unspecified atom stereocenters. The van der Waals surface area contributed by atoms with Gasteiger partial charge in [-0.2, -0.15) is 0 Å². The Balaban J connectivity index is 1.53. The summed E-state index contributed by atoms with van der Waals surface area (Å²) in [5, 5.41) is 3.71. The predicted octanol–water partition coefficient (Wildman–Crippen LogP) is 2.64. The molecule has 0 radical (unpaired) electrons. The van der Waals surface area contributed by atoms with Crippen molar-refractivity contribution in [1.82, 2.24) is 10.2 Å². The monoisotopic (exact) mass is 224 g/mol. The zero-order valence-electron chi connectivity index (χ0n) is 10.9. The molecule has 0 spiro atoms. The third-order valence-corrected chi connectivity index (χ3v) is 4.28. The van der Waals surface area contributed by atoms with Crippen LogP contribution in [0.15, 0.2) is 0 Å². The van der Waals surface area contributed by atoms with Gasteiger partial charge in [-0.25, -0.2) is 0 Å². The molecule has 2 fully saturated rings. The fourth-order valence-corrected chi connectivity index (χ4v) is 3.32. The third kappa shape index (κ3) is 3.74. The number of likely N-dealkylation sites (tertiary alicyclic amines) is 1. The predicted molar refractivity (Wildman–Crippen MR) is 69.7 cm³/mol. The van der Waals surface area contributed by atoms with Crippen molar-refractivity contribution >= 4 is 0 Å². The lowest BCUT2D eigenvalue weighted by Gasteiger charge is -2.18. The Morgan fingerprint density at radius 2 is 2.00 bits per heavy atom. The highest BCUT2D eigenvalue weighted by Crippen LogP contribution is 2.20. The van der Waals surface area contributed by atoms with E-state index in [1.165, 1.54) is 71.1 Å². The summed E-state index contributed by atoms with van der Waals surface area (Å²) in [7, 11) is 0. The highest BCUT2D eigenvalue weighted by molar-refractivity contribution is 4.78. The van der Waals surface area contributed by atoms with Crippen molar-refractivity contribution in [2.75, 3.05) is 26.2 Å². The van der Waals surface area contributed by atoms with Gasteiger partial charge in [0.15, 0.2) is 0 Å². The first kappa shape index (κ1) is 12.4. The van der Waals surface area contributed by atoms with Gasteiger partial charge in [-0.05, 0) is 38.1 Å². The van der Waals surface area contributed by atoms with E-state index >= 15 is 0 Å². The second kappa shape index (κ2) is 6.61. The van der Waals surface area contributed by atoms with Crippen molar-refractivity contribution < 1.29 is 0 Å². The first-order valence-corrected chi connectivity index (χ1v) is 7.34. The maximum absolute atomic E-state index is 3.71. The molecule has 1 heterocycles. The zero-order chi connectivity index (χ0) is 11.2. The molecule has 1 saturated heterocycles. The molecule has 2 nitrogen and oxygen atoms in total. The fraction of sp³-hybridized carbons (Fsp3) is 1.00. The van der Waals surface area contributed by atoms with Crippen LogP contribution in [-0.2, 0) is 0 Å². The van der Waals surface area contributed by atoms with Gasteiger partial charge >= 0.3 is 0 Å². The van der Waals surface area contributed by atoms with E-state index in [-0.39, 0.29) is 0 Å². The molecule has 1 atom stereocenters. The van der Waals surface area contributed by atoms with Gasteiger partial charge in [0.1, 0.15) is 0 Å². The summed E-state index contributed by atoms with van der Waals surface area (Å²) >= 11 is 0. The molecule has 0 bridgehead atoms. The SMILES string of the molecule is CCCC1CCN(CCNC2CCCC2)C1. The molecule has 1 aliphatic heterocycles. The van der Waals surface area contributed by atoms with Gasteiger partial charge in [-0.3, -0.25) is 0 Å². The molecule has 2 heteroatoms. The molecule has 0 aromatic carbocycles. The van der Waals surface area contributed by atoms with Gasteiger partial charge in [0.2, 0.25) is 0 Å². The van der Waals surface area contributed by atoms with E-state index in [1.807, 2.05) is 0 Å². The van der Waals surface area contributed by atoms with E-state index in [1.54, 1.807) is 0 Å². The Morgan fingerprint density at radius 1 is 1.19 bits per heavy atom. The molecule has 2 aliphatic rings. The minimum Gasteiger partial charge on any atom is -0.313 e. The van der Waals surface area contributed by atoms with Gasteiger partial charge < -0.3 is 10.2 Å². The van der Waals surface area contributed by atoms with Crippen molar-refractivity contribution in [3.8, 4) is 0 Å². The Morgan fingerprint density at radius 3 is 2.75 bits per heavy atom. The zero-order valence-corrected chi connectivity index (χ0v) is 10.9. The number of nitrogens with zero attached hydrogens (tertiary/aromatic N) is 1. The topological polar surface area (TPSA) is 15.3 Å². The third-order valence-electron chi connectivity index (χ3n) is 4.28. The summed E-state index contributed by atoms with van der Waals surface area (Å²) in [5.41, 5.74) is 0. The van der Waals surface area contributed by atoms with Crippen LogP contribution >= 0.6 is 0 Å². The first-order chi connectivity index (χ1) is 7.88. The smallest absolute Gasteiger partial charge is 0.0107 e. The number of rotatable bonds is 6. The van der Waals surface area contributed by atoms with E-state index in [0.717, 1.165) is 12.0 Å². The Labute approximate surface area is 101 Å². The quantitative estimate of drug-likeness (QED) is 0.746. The lowest BCUT2D eigenvalue weighted by atomic mass is 10.0. The average molecular weight is 224 g/mol. The van der Waals surface area contributed by atoms with Crippen LogP contribution < -0.4 is 5.32 Å². The Hall–Kier alpha value is -0.0800. The lowest BCUT2D eigenvalue weighted by molar-refractivity contribution is 0.311. The Bertz CT molecular complexity index is 187. The van der Waals surface area contributed by atoms with E-state index < -0.39 is 0 Å². The number of hydrogen-bond acceptors (Lipinski definition) is 2. The summed E-state index contributed by atoms with van der Waals surface area (Å²) in [6.45, 7) is 7.50. The van der Waals surface area contributed by atoms with Crippen LogP contribution in [0.3, 0.4) is 0 Å². The standard InChI is InChI=1S/C14H28N2/c1-2-5-13-8-10-16(12-13)11-9-15-14-6-3-4-7-14/h13-15H,2-12H2,1H3. The molecule has 0 aromatic rings. The maximum Gasteiger partial charge on any atom is 0.0107 e. The van der Waals surface area contributed by atoms with Crippen molar-refractivity contribution in [1.29, 1.82) is 0 Å². The van der Waals surface area contributed by atoms with E-state index in [2.05, 4.69) is 17.1 Å². The molecule has 0 amide bonds. The van der Waals surface area contributed by atoms with Crippen LogP contribution in [0.5, 0.6) is 0 Å².